The van der Waals surface area contributed by atoms with Gasteiger partial charge in [0.05, 0.1) is 13.7 Å². The van der Waals surface area contributed by atoms with E-state index in [0.29, 0.717) is 0 Å². The summed E-state index contributed by atoms with van der Waals surface area (Å²) in [4.78, 5) is 9.43. The van der Waals surface area contributed by atoms with Crippen LogP contribution in [0.4, 0.5) is 0 Å². The summed E-state index contributed by atoms with van der Waals surface area (Å²) in [5.41, 5.74) is 0.462. The first kappa shape index (κ1) is 13.6. The third-order valence-electron chi connectivity index (χ3n) is 2.97. The number of ether oxygens (including phenoxy) is 1. The van der Waals surface area contributed by atoms with Gasteiger partial charge in [-0.1, -0.05) is 26.0 Å². The summed E-state index contributed by atoms with van der Waals surface area (Å²) in [7, 11) is -2.35. The Morgan fingerprint density at radius 1 is 1.39 bits per heavy atom. The van der Waals surface area contributed by atoms with Gasteiger partial charge in [0.1, 0.15) is 11.9 Å². The summed E-state index contributed by atoms with van der Waals surface area (Å²) in [6, 6.07) is 7.26. The molecule has 1 saturated heterocycles. The van der Waals surface area contributed by atoms with Crippen LogP contribution in [0.15, 0.2) is 24.3 Å². The van der Waals surface area contributed by atoms with Crippen LogP contribution in [0.5, 0.6) is 5.75 Å². The van der Waals surface area contributed by atoms with Crippen LogP contribution in [-0.2, 0) is 13.6 Å². The van der Waals surface area contributed by atoms with E-state index in [9.17, 15) is 9.46 Å². The van der Waals surface area contributed by atoms with E-state index in [1.807, 2.05) is 26.0 Å². The lowest BCUT2D eigenvalue weighted by molar-refractivity contribution is -0.0472. The standard InChI is InChI=1S/C12H17O5P/c1-12(2)8-16-18(13,14)17-11(12)9-4-6-10(15-3)7-5-9/h4-7,11H,8H2,1-3H3,(H,13,14). The maximum atomic E-state index is 11.5. The van der Waals surface area contributed by atoms with E-state index in [-0.39, 0.29) is 12.0 Å². The molecule has 2 rings (SSSR count). The van der Waals surface area contributed by atoms with Gasteiger partial charge in [-0.2, -0.15) is 0 Å². The van der Waals surface area contributed by atoms with Crippen LogP contribution < -0.4 is 4.74 Å². The van der Waals surface area contributed by atoms with Crippen LogP contribution in [0.3, 0.4) is 0 Å². The fraction of sp³-hybridized carbons (Fsp3) is 0.500. The van der Waals surface area contributed by atoms with Gasteiger partial charge in [0, 0.05) is 5.41 Å². The first-order chi connectivity index (χ1) is 8.34. The molecule has 2 unspecified atom stereocenters. The Hall–Kier alpha value is -0.870. The van der Waals surface area contributed by atoms with Crippen LogP contribution in [0.1, 0.15) is 25.5 Å². The largest absolute Gasteiger partial charge is 0.497 e. The smallest absolute Gasteiger partial charge is 0.472 e. The Morgan fingerprint density at radius 2 is 2.00 bits per heavy atom. The van der Waals surface area contributed by atoms with Gasteiger partial charge in [0.15, 0.2) is 0 Å². The highest BCUT2D eigenvalue weighted by Crippen LogP contribution is 2.58. The van der Waals surface area contributed by atoms with Crippen molar-refractivity contribution >= 4 is 7.82 Å². The molecule has 1 aliphatic rings. The molecular weight excluding hydrogens is 255 g/mol. The zero-order valence-corrected chi connectivity index (χ0v) is 11.5. The molecule has 2 atom stereocenters. The molecule has 0 bridgehead atoms. The van der Waals surface area contributed by atoms with E-state index in [1.54, 1.807) is 19.2 Å². The van der Waals surface area contributed by atoms with Crippen molar-refractivity contribution in [2.75, 3.05) is 13.7 Å². The molecule has 0 spiro atoms. The molecule has 0 aromatic heterocycles. The van der Waals surface area contributed by atoms with E-state index in [1.165, 1.54) is 0 Å². The summed E-state index contributed by atoms with van der Waals surface area (Å²) in [5, 5.41) is 0. The lowest BCUT2D eigenvalue weighted by Gasteiger charge is -2.39. The number of rotatable bonds is 2. The Bertz CT molecular complexity index is 468. The van der Waals surface area contributed by atoms with E-state index in [2.05, 4.69) is 0 Å². The molecule has 0 amide bonds. The third-order valence-corrected chi connectivity index (χ3v) is 3.90. The fourth-order valence-electron chi connectivity index (χ4n) is 1.92. The second-order valence-corrected chi connectivity index (χ2v) is 6.40. The monoisotopic (exact) mass is 272 g/mol. The summed E-state index contributed by atoms with van der Waals surface area (Å²) in [6.07, 6.45) is -0.479. The molecular formula is C12H17O5P. The van der Waals surface area contributed by atoms with Gasteiger partial charge in [-0.15, -0.1) is 0 Å². The van der Waals surface area contributed by atoms with E-state index >= 15 is 0 Å². The molecule has 0 saturated carbocycles. The van der Waals surface area contributed by atoms with Crippen molar-refractivity contribution < 1.29 is 23.2 Å². The highest BCUT2D eigenvalue weighted by Gasteiger charge is 2.44. The maximum Gasteiger partial charge on any atom is 0.472 e. The molecule has 18 heavy (non-hydrogen) atoms. The average Bonchev–Trinajstić information content (AvgIpc) is 2.33. The predicted octanol–water partition coefficient (Wildman–Crippen LogP) is 2.91. The first-order valence-electron chi connectivity index (χ1n) is 5.64. The highest BCUT2D eigenvalue weighted by molar-refractivity contribution is 7.47. The van der Waals surface area contributed by atoms with Crippen LogP contribution in [0, 0.1) is 5.41 Å². The molecule has 1 aromatic carbocycles. The molecule has 1 N–H and O–H groups in total. The SMILES string of the molecule is COc1ccc(C2OP(=O)(O)OCC2(C)C)cc1. The Balaban J connectivity index is 2.30. The lowest BCUT2D eigenvalue weighted by Crippen LogP contribution is -2.33. The lowest BCUT2D eigenvalue weighted by atomic mass is 9.83. The zero-order valence-electron chi connectivity index (χ0n) is 10.6. The van der Waals surface area contributed by atoms with Crippen molar-refractivity contribution in [3.63, 3.8) is 0 Å². The number of hydrogen-bond acceptors (Lipinski definition) is 4. The van der Waals surface area contributed by atoms with Gasteiger partial charge in [-0.05, 0) is 17.7 Å². The van der Waals surface area contributed by atoms with E-state index < -0.39 is 13.9 Å². The minimum atomic E-state index is -3.94. The van der Waals surface area contributed by atoms with Gasteiger partial charge >= 0.3 is 7.82 Å². The van der Waals surface area contributed by atoms with Gasteiger partial charge in [-0.3, -0.25) is 9.05 Å². The highest BCUT2D eigenvalue weighted by atomic mass is 31.2. The maximum absolute atomic E-state index is 11.5. The predicted molar refractivity (Wildman–Crippen MR) is 66.4 cm³/mol. The molecule has 100 valence electrons. The van der Waals surface area contributed by atoms with Crippen molar-refractivity contribution in [3.05, 3.63) is 29.8 Å². The van der Waals surface area contributed by atoms with Crippen molar-refractivity contribution in [2.24, 2.45) is 5.41 Å². The molecule has 1 aliphatic heterocycles. The number of benzene rings is 1. The minimum absolute atomic E-state index is 0.178. The van der Waals surface area contributed by atoms with Crippen molar-refractivity contribution in [3.8, 4) is 5.75 Å². The molecule has 1 aromatic rings. The van der Waals surface area contributed by atoms with Crippen molar-refractivity contribution in [2.45, 2.75) is 20.0 Å². The summed E-state index contributed by atoms with van der Waals surface area (Å²) >= 11 is 0. The number of hydrogen-bond donors (Lipinski definition) is 1. The zero-order chi connectivity index (χ0) is 13.4. The quantitative estimate of drug-likeness (QED) is 0.838. The molecule has 6 heteroatoms. The van der Waals surface area contributed by atoms with Crippen LogP contribution in [0.25, 0.3) is 0 Å². The normalized spacial score (nSPS) is 31.0. The Kier molecular flexibility index (Phi) is 3.52. The summed E-state index contributed by atoms with van der Waals surface area (Å²) in [6.45, 7) is 4.04. The molecule has 1 fully saturated rings. The van der Waals surface area contributed by atoms with Gasteiger partial charge in [0.25, 0.3) is 0 Å². The van der Waals surface area contributed by atoms with Crippen LogP contribution in [-0.4, -0.2) is 18.6 Å². The second-order valence-electron chi connectivity index (χ2n) is 4.99. The number of phosphoric ester groups is 1. The fourth-order valence-corrected chi connectivity index (χ4v) is 3.15. The molecule has 0 aliphatic carbocycles. The Labute approximate surface area is 106 Å². The average molecular weight is 272 g/mol. The topological polar surface area (TPSA) is 65.0 Å². The summed E-state index contributed by atoms with van der Waals surface area (Å²) < 4.78 is 26.6. The van der Waals surface area contributed by atoms with Gasteiger partial charge < -0.3 is 9.63 Å². The van der Waals surface area contributed by atoms with Crippen molar-refractivity contribution in [1.29, 1.82) is 0 Å². The minimum Gasteiger partial charge on any atom is -0.497 e. The molecule has 0 radical (unpaired) electrons. The van der Waals surface area contributed by atoms with Gasteiger partial charge in [0.2, 0.25) is 0 Å². The second kappa shape index (κ2) is 4.67. The van der Waals surface area contributed by atoms with E-state index in [0.717, 1.165) is 11.3 Å². The number of phosphoric acid groups is 1. The van der Waals surface area contributed by atoms with Crippen LogP contribution >= 0.6 is 7.82 Å². The van der Waals surface area contributed by atoms with Gasteiger partial charge in [-0.25, -0.2) is 4.57 Å². The van der Waals surface area contributed by atoms with E-state index in [4.69, 9.17) is 13.8 Å². The van der Waals surface area contributed by atoms with Crippen LogP contribution in [0.2, 0.25) is 0 Å². The molecule has 5 nitrogen and oxygen atoms in total. The summed E-state index contributed by atoms with van der Waals surface area (Å²) in [5.74, 6) is 0.732. The Morgan fingerprint density at radius 3 is 2.56 bits per heavy atom. The first-order valence-corrected chi connectivity index (χ1v) is 7.13. The molecule has 1 heterocycles. The van der Waals surface area contributed by atoms with Crippen molar-refractivity contribution in [1.82, 2.24) is 0 Å². The number of methoxy groups -OCH3 is 1. The third kappa shape index (κ3) is 2.75.